The van der Waals surface area contributed by atoms with Crippen LogP contribution >= 0.6 is 11.3 Å². The number of rotatable bonds is 3. The highest BCUT2D eigenvalue weighted by Gasteiger charge is 2.11. The number of nitrogens with zero attached hydrogens (tertiary/aromatic N) is 1. The molecule has 0 fully saturated rings. The number of fused-ring (bicyclic) bond motifs is 1. The second kappa shape index (κ2) is 6.10. The maximum Gasteiger partial charge on any atom is 0.175 e. The van der Waals surface area contributed by atoms with Gasteiger partial charge in [-0.15, -0.1) is 11.3 Å². The van der Waals surface area contributed by atoms with E-state index in [1.807, 2.05) is 24.4 Å². The summed E-state index contributed by atoms with van der Waals surface area (Å²) >= 11 is 1.56. The lowest BCUT2D eigenvalue weighted by molar-refractivity contribution is 0.602. The van der Waals surface area contributed by atoms with E-state index >= 15 is 0 Å². The Morgan fingerprint density at radius 2 is 1.64 bits per heavy atom. The quantitative estimate of drug-likeness (QED) is 0.511. The zero-order chi connectivity index (χ0) is 17.4. The Kier molecular flexibility index (Phi) is 3.90. The molecule has 3 nitrogen and oxygen atoms in total. The molecule has 0 saturated carbocycles. The van der Waals surface area contributed by atoms with E-state index in [9.17, 15) is 8.42 Å². The van der Waals surface area contributed by atoms with Gasteiger partial charge in [0.15, 0.2) is 9.84 Å². The Morgan fingerprint density at radius 1 is 0.840 bits per heavy atom. The maximum absolute atomic E-state index is 11.8. The molecule has 0 aliphatic rings. The van der Waals surface area contributed by atoms with Crippen LogP contribution < -0.4 is 0 Å². The van der Waals surface area contributed by atoms with E-state index in [0.717, 1.165) is 21.0 Å². The topological polar surface area (TPSA) is 47.0 Å². The summed E-state index contributed by atoms with van der Waals surface area (Å²) in [6.45, 7) is 0. The van der Waals surface area contributed by atoms with Crippen molar-refractivity contribution in [1.29, 1.82) is 0 Å². The molecule has 0 saturated heterocycles. The molecule has 0 N–H and O–H groups in total. The summed E-state index contributed by atoms with van der Waals surface area (Å²) in [6.07, 6.45) is 3.06. The molecule has 1 heterocycles. The molecule has 0 radical (unpaired) electrons. The van der Waals surface area contributed by atoms with Gasteiger partial charge in [0, 0.05) is 18.0 Å². The minimum atomic E-state index is -3.23. The Labute approximate surface area is 150 Å². The fraction of sp³-hybridized carbons (Fsp3) is 0.0500. The fourth-order valence-electron chi connectivity index (χ4n) is 2.74. The van der Waals surface area contributed by atoms with Crippen LogP contribution in [0.1, 0.15) is 0 Å². The summed E-state index contributed by atoms with van der Waals surface area (Å²) in [5.41, 5.74) is 1.93. The lowest BCUT2D eigenvalue weighted by atomic mass is 10.1. The molecule has 0 amide bonds. The largest absolute Gasteiger partial charge is 0.244 e. The monoisotopic (exact) mass is 365 g/mol. The summed E-state index contributed by atoms with van der Waals surface area (Å²) in [4.78, 5) is 5.86. The number of aromatic nitrogens is 1. The predicted octanol–water partition coefficient (Wildman–Crippen LogP) is 5.03. The standard InChI is InChI=1S/C20H15NO2S2/c1-25(22,23)18-8-4-7-17(12-18)20-21-13-19(24-20)16-10-9-14-5-2-3-6-15(14)11-16/h2-13H,1H3. The Morgan fingerprint density at radius 3 is 2.44 bits per heavy atom. The van der Waals surface area contributed by atoms with Crippen LogP contribution in [0.3, 0.4) is 0 Å². The third kappa shape index (κ3) is 3.21. The van der Waals surface area contributed by atoms with Gasteiger partial charge in [0.2, 0.25) is 0 Å². The van der Waals surface area contributed by atoms with E-state index in [1.54, 1.807) is 29.5 Å². The van der Waals surface area contributed by atoms with Crippen LogP contribution in [-0.4, -0.2) is 19.7 Å². The number of hydrogen-bond acceptors (Lipinski definition) is 4. The van der Waals surface area contributed by atoms with Crippen molar-refractivity contribution in [2.24, 2.45) is 0 Å². The van der Waals surface area contributed by atoms with Crippen LogP contribution in [0, 0.1) is 0 Å². The third-order valence-electron chi connectivity index (χ3n) is 4.05. The zero-order valence-corrected chi connectivity index (χ0v) is 15.1. The van der Waals surface area contributed by atoms with E-state index in [1.165, 1.54) is 17.0 Å². The van der Waals surface area contributed by atoms with Crippen molar-refractivity contribution in [3.63, 3.8) is 0 Å². The molecule has 0 atom stereocenters. The van der Waals surface area contributed by atoms with E-state index in [2.05, 4.69) is 35.3 Å². The highest BCUT2D eigenvalue weighted by Crippen LogP contribution is 2.34. The Hall–Kier alpha value is -2.50. The molecular weight excluding hydrogens is 350 g/mol. The first-order chi connectivity index (χ1) is 12.0. The van der Waals surface area contributed by atoms with Gasteiger partial charge in [-0.25, -0.2) is 13.4 Å². The molecule has 4 rings (SSSR count). The van der Waals surface area contributed by atoms with Gasteiger partial charge in [0.05, 0.1) is 9.77 Å². The van der Waals surface area contributed by atoms with Gasteiger partial charge in [-0.3, -0.25) is 0 Å². The first kappa shape index (κ1) is 16.0. The summed E-state index contributed by atoms with van der Waals surface area (Å²) < 4.78 is 23.5. The SMILES string of the molecule is CS(=O)(=O)c1cccc(-c2ncc(-c3ccc4ccccc4c3)s2)c1. The summed E-state index contributed by atoms with van der Waals surface area (Å²) in [6, 6.07) is 21.5. The van der Waals surface area contributed by atoms with Gasteiger partial charge in [0.25, 0.3) is 0 Å². The van der Waals surface area contributed by atoms with E-state index < -0.39 is 9.84 Å². The highest BCUT2D eigenvalue weighted by molar-refractivity contribution is 7.90. The smallest absolute Gasteiger partial charge is 0.175 e. The van der Waals surface area contributed by atoms with Crippen LogP contribution in [-0.2, 0) is 9.84 Å². The molecule has 0 bridgehead atoms. The molecule has 25 heavy (non-hydrogen) atoms. The van der Waals surface area contributed by atoms with Crippen LogP contribution in [0.15, 0.2) is 77.8 Å². The molecule has 1 aromatic heterocycles. The molecule has 5 heteroatoms. The first-order valence-electron chi connectivity index (χ1n) is 7.76. The molecule has 0 aliphatic carbocycles. The minimum absolute atomic E-state index is 0.312. The van der Waals surface area contributed by atoms with Gasteiger partial charge in [-0.1, -0.05) is 48.5 Å². The fourth-order valence-corrected chi connectivity index (χ4v) is 4.32. The van der Waals surface area contributed by atoms with Crippen LogP contribution in [0.4, 0.5) is 0 Å². The lowest BCUT2D eigenvalue weighted by Crippen LogP contribution is -1.96. The van der Waals surface area contributed by atoms with Crippen molar-refractivity contribution in [2.45, 2.75) is 4.90 Å². The molecule has 4 aromatic rings. The number of thiazole rings is 1. The van der Waals surface area contributed by atoms with Crippen LogP contribution in [0.25, 0.3) is 31.8 Å². The van der Waals surface area contributed by atoms with E-state index in [0.29, 0.717) is 4.90 Å². The molecule has 124 valence electrons. The van der Waals surface area contributed by atoms with Gasteiger partial charge in [0.1, 0.15) is 5.01 Å². The van der Waals surface area contributed by atoms with E-state index in [-0.39, 0.29) is 0 Å². The summed E-state index contributed by atoms with van der Waals surface area (Å²) in [7, 11) is -3.23. The minimum Gasteiger partial charge on any atom is -0.244 e. The van der Waals surface area contributed by atoms with Crippen molar-refractivity contribution in [3.05, 3.63) is 72.9 Å². The number of sulfone groups is 1. The van der Waals surface area contributed by atoms with Crippen molar-refractivity contribution in [3.8, 4) is 21.0 Å². The Bertz CT molecular complexity index is 1180. The second-order valence-electron chi connectivity index (χ2n) is 5.89. The molecule has 3 aromatic carbocycles. The zero-order valence-electron chi connectivity index (χ0n) is 13.5. The summed E-state index contributed by atoms with van der Waals surface area (Å²) in [5.74, 6) is 0. The summed E-state index contributed by atoms with van der Waals surface area (Å²) in [5, 5.41) is 3.21. The third-order valence-corrected chi connectivity index (χ3v) is 6.25. The molecule has 0 unspecified atom stereocenters. The molecule has 0 spiro atoms. The first-order valence-corrected chi connectivity index (χ1v) is 10.5. The van der Waals surface area contributed by atoms with Crippen molar-refractivity contribution in [2.75, 3.05) is 6.26 Å². The normalized spacial score (nSPS) is 11.7. The van der Waals surface area contributed by atoms with Crippen molar-refractivity contribution < 1.29 is 8.42 Å². The lowest BCUT2D eigenvalue weighted by Gasteiger charge is -2.02. The van der Waals surface area contributed by atoms with Crippen molar-refractivity contribution >= 4 is 31.9 Å². The second-order valence-corrected chi connectivity index (χ2v) is 8.94. The van der Waals surface area contributed by atoms with Gasteiger partial charge >= 0.3 is 0 Å². The van der Waals surface area contributed by atoms with Crippen LogP contribution in [0.2, 0.25) is 0 Å². The van der Waals surface area contributed by atoms with E-state index in [4.69, 9.17) is 0 Å². The van der Waals surface area contributed by atoms with Crippen LogP contribution in [0.5, 0.6) is 0 Å². The average Bonchev–Trinajstić information content (AvgIpc) is 3.11. The highest BCUT2D eigenvalue weighted by atomic mass is 32.2. The van der Waals surface area contributed by atoms with Gasteiger partial charge in [-0.2, -0.15) is 0 Å². The molecule has 0 aliphatic heterocycles. The van der Waals surface area contributed by atoms with Gasteiger partial charge in [-0.05, 0) is 34.5 Å². The number of hydrogen-bond donors (Lipinski definition) is 0. The maximum atomic E-state index is 11.8. The average molecular weight is 365 g/mol. The molecular formula is C20H15NO2S2. The number of benzene rings is 3. The predicted molar refractivity (Wildman–Crippen MR) is 104 cm³/mol. The van der Waals surface area contributed by atoms with Gasteiger partial charge < -0.3 is 0 Å². The van der Waals surface area contributed by atoms with Crippen molar-refractivity contribution in [1.82, 2.24) is 4.98 Å². The Balaban J connectivity index is 1.74.